The van der Waals surface area contributed by atoms with Crippen molar-refractivity contribution in [3.8, 4) is 0 Å². The number of hydrogen-bond donors (Lipinski definition) is 0. The molecule has 0 aliphatic carbocycles. The summed E-state index contributed by atoms with van der Waals surface area (Å²) < 4.78 is 122. The Labute approximate surface area is 106 Å². The molecule has 1 aromatic rings. The normalized spacial score (nSPS) is 12.8. The second-order valence-corrected chi connectivity index (χ2v) is 5.76. The van der Waals surface area contributed by atoms with Crippen molar-refractivity contribution >= 4 is 9.84 Å². The summed E-state index contributed by atoms with van der Waals surface area (Å²) in [7, 11) is -5.14. The molecule has 0 amide bonds. The summed E-state index contributed by atoms with van der Waals surface area (Å²) >= 11 is 0. The molecule has 0 radical (unpaired) electrons. The summed E-state index contributed by atoms with van der Waals surface area (Å²) in [4.78, 5) is 0. The van der Waals surface area contributed by atoms with Crippen LogP contribution in [-0.2, 0) is 15.6 Å². The lowest BCUT2D eigenvalue weighted by molar-refractivity contribution is -0.106. The number of alkyl halides is 3. The second kappa shape index (κ2) is 5.19. The molecule has 0 spiro atoms. The Morgan fingerprint density at radius 3 is 1.45 bits per heavy atom. The largest absolute Gasteiger partial charge is 0.402 e. The van der Waals surface area contributed by atoms with Gasteiger partial charge in [0.2, 0.25) is 5.82 Å². The van der Waals surface area contributed by atoms with E-state index < -0.39 is 62.2 Å². The molecular formula is C9H4F8O2S. The maximum absolute atomic E-state index is 13.1. The standard InChI is InChI=1S/C9H4F8O2S/c10-4-3(1-20(18,19)2-9(15,16)17)5(11)7(13)8(14)6(4)12/h1-2H2. The van der Waals surface area contributed by atoms with E-state index in [1.165, 1.54) is 0 Å². The maximum Gasteiger partial charge on any atom is 0.402 e. The topological polar surface area (TPSA) is 34.1 Å². The lowest BCUT2D eigenvalue weighted by atomic mass is 10.2. The molecule has 2 nitrogen and oxygen atoms in total. The van der Waals surface area contributed by atoms with E-state index in [2.05, 4.69) is 0 Å². The molecule has 20 heavy (non-hydrogen) atoms. The lowest BCUT2D eigenvalue weighted by Crippen LogP contribution is -2.25. The summed E-state index contributed by atoms with van der Waals surface area (Å²) in [6, 6.07) is 0. The number of halogens is 8. The molecular weight excluding hydrogens is 324 g/mol. The third kappa shape index (κ3) is 3.58. The fraction of sp³-hybridized carbons (Fsp3) is 0.333. The van der Waals surface area contributed by atoms with Gasteiger partial charge in [0.1, 0.15) is 5.75 Å². The summed E-state index contributed by atoms with van der Waals surface area (Å²) in [5, 5.41) is 0. The first-order valence-electron chi connectivity index (χ1n) is 4.63. The van der Waals surface area contributed by atoms with Crippen LogP contribution in [0.15, 0.2) is 0 Å². The molecule has 0 heterocycles. The quantitative estimate of drug-likeness (QED) is 0.486. The van der Waals surface area contributed by atoms with Gasteiger partial charge in [0.05, 0.1) is 5.75 Å². The summed E-state index contributed by atoms with van der Waals surface area (Å²) in [6.07, 6.45) is -5.21. The van der Waals surface area contributed by atoms with Crippen molar-refractivity contribution < 1.29 is 43.5 Å². The van der Waals surface area contributed by atoms with Crippen LogP contribution in [0.25, 0.3) is 0 Å². The van der Waals surface area contributed by atoms with Crippen molar-refractivity contribution in [3.05, 3.63) is 34.6 Å². The van der Waals surface area contributed by atoms with Gasteiger partial charge in [-0.15, -0.1) is 0 Å². The van der Waals surface area contributed by atoms with E-state index in [-0.39, 0.29) is 0 Å². The van der Waals surface area contributed by atoms with Crippen LogP contribution in [0.5, 0.6) is 0 Å². The third-order valence-corrected chi connectivity index (χ3v) is 3.54. The van der Waals surface area contributed by atoms with Gasteiger partial charge in [0.25, 0.3) is 0 Å². The number of benzene rings is 1. The minimum atomic E-state index is -5.21. The van der Waals surface area contributed by atoms with Crippen LogP contribution in [0.3, 0.4) is 0 Å². The highest BCUT2D eigenvalue weighted by Gasteiger charge is 2.37. The van der Waals surface area contributed by atoms with Gasteiger partial charge in [-0.25, -0.2) is 30.4 Å². The third-order valence-electron chi connectivity index (χ3n) is 2.05. The predicted octanol–water partition coefficient (Wildman–Crippen LogP) is 2.86. The lowest BCUT2D eigenvalue weighted by Gasteiger charge is -2.10. The van der Waals surface area contributed by atoms with Gasteiger partial charge in [0.15, 0.2) is 33.1 Å². The van der Waals surface area contributed by atoms with Gasteiger partial charge >= 0.3 is 6.18 Å². The Hall–Kier alpha value is -1.39. The SMILES string of the molecule is O=S(=O)(Cc1c(F)c(F)c(F)c(F)c1F)CC(F)(F)F. The van der Waals surface area contributed by atoms with Crippen LogP contribution in [0, 0.1) is 29.1 Å². The average molecular weight is 328 g/mol. The second-order valence-electron chi connectivity index (χ2n) is 3.70. The van der Waals surface area contributed by atoms with Gasteiger partial charge in [-0.05, 0) is 0 Å². The molecule has 114 valence electrons. The Kier molecular flexibility index (Phi) is 4.32. The van der Waals surface area contributed by atoms with Crippen molar-refractivity contribution in [2.24, 2.45) is 0 Å². The minimum absolute atomic E-state index is 1.83. The fourth-order valence-electron chi connectivity index (χ4n) is 1.30. The van der Waals surface area contributed by atoms with Crippen molar-refractivity contribution in [1.29, 1.82) is 0 Å². The maximum atomic E-state index is 13.1. The highest BCUT2D eigenvalue weighted by molar-refractivity contribution is 7.90. The van der Waals surface area contributed by atoms with Crippen molar-refractivity contribution in [1.82, 2.24) is 0 Å². The first-order valence-corrected chi connectivity index (χ1v) is 6.45. The van der Waals surface area contributed by atoms with Crippen LogP contribution in [-0.4, -0.2) is 20.3 Å². The van der Waals surface area contributed by atoms with Crippen LogP contribution in [0.4, 0.5) is 35.1 Å². The Balaban J connectivity index is 3.30. The van der Waals surface area contributed by atoms with Gasteiger partial charge in [0, 0.05) is 5.56 Å². The summed E-state index contributed by atoms with van der Waals surface area (Å²) in [6.45, 7) is 0. The van der Waals surface area contributed by atoms with Gasteiger partial charge < -0.3 is 0 Å². The molecule has 1 aromatic carbocycles. The zero-order valence-electron chi connectivity index (χ0n) is 9.16. The fourth-order valence-corrected chi connectivity index (χ4v) is 2.59. The van der Waals surface area contributed by atoms with Gasteiger partial charge in [-0.3, -0.25) is 0 Å². The summed E-state index contributed by atoms with van der Waals surface area (Å²) in [5.74, 6) is -16.8. The monoisotopic (exact) mass is 328 g/mol. The minimum Gasteiger partial charge on any atom is -0.228 e. The van der Waals surface area contributed by atoms with E-state index in [4.69, 9.17) is 0 Å². The molecule has 0 unspecified atom stereocenters. The molecule has 0 bridgehead atoms. The van der Waals surface area contributed by atoms with Gasteiger partial charge in [-0.2, -0.15) is 13.2 Å². The molecule has 0 N–H and O–H groups in total. The number of hydrogen-bond acceptors (Lipinski definition) is 2. The number of rotatable bonds is 3. The molecule has 0 aliphatic rings. The van der Waals surface area contributed by atoms with Gasteiger partial charge in [-0.1, -0.05) is 0 Å². The zero-order chi connectivity index (χ0) is 15.9. The molecule has 0 aromatic heterocycles. The van der Waals surface area contributed by atoms with Crippen molar-refractivity contribution in [2.75, 3.05) is 5.75 Å². The van der Waals surface area contributed by atoms with E-state index in [1.54, 1.807) is 0 Å². The molecule has 11 heteroatoms. The highest BCUT2D eigenvalue weighted by Crippen LogP contribution is 2.26. The molecule has 1 rings (SSSR count). The smallest absolute Gasteiger partial charge is 0.228 e. The molecule has 0 saturated carbocycles. The zero-order valence-corrected chi connectivity index (χ0v) is 9.98. The summed E-state index contributed by atoms with van der Waals surface area (Å²) in [5.41, 5.74) is -1.83. The average Bonchev–Trinajstić information content (AvgIpc) is 2.26. The van der Waals surface area contributed by atoms with Crippen molar-refractivity contribution in [3.63, 3.8) is 0 Å². The van der Waals surface area contributed by atoms with E-state index in [0.29, 0.717) is 0 Å². The first-order chi connectivity index (χ1) is 8.86. The molecule has 0 atom stereocenters. The first kappa shape index (κ1) is 16.7. The molecule has 0 saturated heterocycles. The van der Waals surface area contributed by atoms with Crippen LogP contribution < -0.4 is 0 Å². The molecule has 0 aliphatic heterocycles. The predicted molar refractivity (Wildman–Crippen MR) is 49.8 cm³/mol. The van der Waals surface area contributed by atoms with Crippen LogP contribution >= 0.6 is 0 Å². The number of sulfone groups is 1. The van der Waals surface area contributed by atoms with E-state index in [0.717, 1.165) is 0 Å². The Morgan fingerprint density at radius 2 is 1.10 bits per heavy atom. The van der Waals surface area contributed by atoms with Crippen molar-refractivity contribution in [2.45, 2.75) is 11.9 Å². The van der Waals surface area contributed by atoms with E-state index in [1.807, 2.05) is 0 Å². The Bertz CT molecular complexity index is 605. The van der Waals surface area contributed by atoms with Crippen LogP contribution in [0.1, 0.15) is 5.56 Å². The Morgan fingerprint density at radius 1 is 0.750 bits per heavy atom. The molecule has 0 fully saturated rings. The van der Waals surface area contributed by atoms with E-state index >= 15 is 0 Å². The highest BCUT2D eigenvalue weighted by atomic mass is 32.2. The van der Waals surface area contributed by atoms with E-state index in [9.17, 15) is 43.5 Å². The van der Waals surface area contributed by atoms with Crippen LogP contribution in [0.2, 0.25) is 0 Å².